The average Bonchev–Trinajstić information content (AvgIpc) is 2.75. The fourth-order valence-electron chi connectivity index (χ4n) is 2.67. The molecular weight excluding hydrogens is 539 g/mol. The van der Waals surface area contributed by atoms with Gasteiger partial charge in [-0.25, -0.2) is 4.57 Å². The van der Waals surface area contributed by atoms with Crippen molar-refractivity contribution in [1.29, 1.82) is 0 Å². The van der Waals surface area contributed by atoms with E-state index in [0.717, 1.165) is 0 Å². The van der Waals surface area contributed by atoms with Crippen LogP contribution in [0, 0.1) is 0 Å². The van der Waals surface area contributed by atoms with E-state index in [2.05, 4.69) is 0 Å². The molecule has 0 aliphatic carbocycles. The van der Waals surface area contributed by atoms with Crippen LogP contribution in [-0.2, 0) is 57.0 Å². The van der Waals surface area contributed by atoms with Gasteiger partial charge in [0.1, 0.15) is 0 Å². The zero-order chi connectivity index (χ0) is 26.8. The second-order valence-electron chi connectivity index (χ2n) is 6.12. The van der Waals surface area contributed by atoms with Gasteiger partial charge in [0, 0.05) is 59.5 Å². The summed E-state index contributed by atoms with van der Waals surface area (Å²) >= 11 is 0. The summed E-state index contributed by atoms with van der Waals surface area (Å²) in [5, 5.41) is 0. The van der Waals surface area contributed by atoms with Gasteiger partial charge in [0.15, 0.2) is 0 Å². The molecule has 0 aliphatic heterocycles. The molecule has 0 saturated heterocycles. The van der Waals surface area contributed by atoms with E-state index in [4.69, 9.17) is 52.5 Å². The minimum Gasteiger partial charge on any atom is -0.351 e. The second-order valence-corrected chi connectivity index (χ2v) is 14.8. The van der Waals surface area contributed by atoms with E-state index in [1.165, 1.54) is 0 Å². The van der Waals surface area contributed by atoms with Crippen molar-refractivity contribution in [2.24, 2.45) is 0 Å². The summed E-state index contributed by atoms with van der Waals surface area (Å²) in [5.41, 5.74) is 0. The molecule has 0 fully saturated rings. The molecule has 0 heterocycles. The molecule has 0 aromatic heterocycles. The second kappa shape index (κ2) is 18.6. The summed E-state index contributed by atoms with van der Waals surface area (Å²) in [6.45, 7) is 16.7. The Bertz CT molecular complexity index is 463. The summed E-state index contributed by atoms with van der Waals surface area (Å²) in [7, 11) is -17.0. The van der Waals surface area contributed by atoms with E-state index in [1.54, 1.807) is 62.3 Å². The van der Waals surface area contributed by atoms with Crippen LogP contribution in [0.25, 0.3) is 0 Å². The van der Waals surface area contributed by atoms with Gasteiger partial charge in [0.05, 0.1) is 0 Å². The van der Waals surface area contributed by atoms with Crippen molar-refractivity contribution >= 4 is 35.0 Å². The van der Waals surface area contributed by atoms with Crippen molar-refractivity contribution in [2.45, 2.75) is 62.3 Å². The van der Waals surface area contributed by atoms with Crippen molar-refractivity contribution in [2.75, 3.05) is 59.5 Å². The zero-order valence-corrected chi connectivity index (χ0v) is 26.5. The Hall–Kier alpha value is 0.401. The molecule has 0 aromatic rings. The van der Waals surface area contributed by atoms with Crippen LogP contribution in [0.2, 0.25) is 0 Å². The van der Waals surface area contributed by atoms with Crippen molar-refractivity contribution in [1.82, 2.24) is 0 Å². The number of hydrogen-bond donors (Lipinski definition) is 0. The quantitative estimate of drug-likeness (QED) is 0.121. The Kier molecular flexibility index (Phi) is 18.8. The van der Waals surface area contributed by atoms with Crippen LogP contribution in [-0.4, -0.2) is 86.6 Å². The molecule has 0 saturated carbocycles. The largest absolute Gasteiger partial charge is 0.688 e. The van der Waals surface area contributed by atoms with Gasteiger partial charge in [-0.15, -0.1) is 0 Å². The van der Waals surface area contributed by atoms with Gasteiger partial charge in [0.2, 0.25) is 0 Å². The molecule has 0 spiro atoms. The van der Waals surface area contributed by atoms with Crippen LogP contribution in [0.5, 0.6) is 0 Å². The van der Waals surface area contributed by atoms with Gasteiger partial charge in [-0.1, -0.05) is 0 Å². The first-order valence-electron chi connectivity index (χ1n) is 12.1. The maximum absolute atomic E-state index is 14.5. The average molecular weight is 585 g/mol. The first-order chi connectivity index (χ1) is 16.7. The molecule has 0 rings (SSSR count). The van der Waals surface area contributed by atoms with Crippen molar-refractivity contribution in [3.05, 3.63) is 0 Å². The van der Waals surface area contributed by atoms with E-state index < -0.39 is 35.0 Å². The van der Waals surface area contributed by atoms with E-state index in [9.17, 15) is 4.57 Å². The maximum Gasteiger partial charge on any atom is 0.688 e. The topological polar surface area (TPSA) is 128 Å². The fraction of sp³-hybridized carbons (Fsp3) is 1.00. The molecule has 0 amide bonds. The van der Waals surface area contributed by atoms with Crippen molar-refractivity contribution in [3.63, 3.8) is 0 Å². The normalized spacial score (nSPS) is 13.5. The smallest absolute Gasteiger partial charge is 0.351 e. The molecule has 0 N–H and O–H groups in total. The number of rotatable bonds is 24. The summed E-state index contributed by atoms with van der Waals surface area (Å²) in [4.78, 5) is 0. The Morgan fingerprint density at radius 3 is 0.629 bits per heavy atom. The Morgan fingerprint density at radius 2 is 0.514 bits per heavy atom. The molecular formula is C18H45O13PSi3. The van der Waals surface area contributed by atoms with E-state index in [-0.39, 0.29) is 59.5 Å². The Balaban J connectivity index is 6.75. The highest BCUT2D eigenvalue weighted by Gasteiger charge is 2.63. The molecule has 0 aliphatic rings. The lowest BCUT2D eigenvalue weighted by Gasteiger charge is -2.36. The molecule has 17 heteroatoms. The maximum atomic E-state index is 14.5. The van der Waals surface area contributed by atoms with Gasteiger partial charge < -0.3 is 39.8 Å². The van der Waals surface area contributed by atoms with E-state index >= 15 is 0 Å². The molecule has 35 heavy (non-hydrogen) atoms. The highest BCUT2D eigenvalue weighted by atomic mass is 31.2. The molecule has 0 unspecified atom stereocenters. The number of hydrogen-bond acceptors (Lipinski definition) is 13. The predicted octanol–water partition coefficient (Wildman–Crippen LogP) is 3.78. The first-order valence-corrected chi connectivity index (χ1v) is 18.5. The van der Waals surface area contributed by atoms with Crippen LogP contribution < -0.4 is 0 Å². The minimum atomic E-state index is -4.79. The first kappa shape index (κ1) is 35.4. The Labute approximate surface area is 213 Å². The SMILES string of the molecule is CCO[Si](OCC)(OCC)OP(=O)(O[Si](OCC)(OCC)OCC)O[Si](OCC)(OCC)OCC. The molecule has 212 valence electrons. The standard InChI is InChI=1S/C18H45O13PSi3/c1-10-20-33(21-11-2,22-12-3)29-32(19,30-34(23-13-4,24-14-5)25-15-6)31-35(26-16-7,27-17-8)28-18-9/h10-18H2,1-9H3. The molecule has 0 aromatic carbocycles. The lowest BCUT2D eigenvalue weighted by molar-refractivity contribution is -0.0343. The van der Waals surface area contributed by atoms with Gasteiger partial charge in [-0.2, -0.15) is 0 Å². The predicted molar refractivity (Wildman–Crippen MR) is 133 cm³/mol. The minimum absolute atomic E-state index is 0.141. The molecule has 0 radical (unpaired) electrons. The van der Waals surface area contributed by atoms with E-state index in [0.29, 0.717) is 0 Å². The van der Waals surface area contributed by atoms with Crippen LogP contribution in [0.4, 0.5) is 0 Å². The fourth-order valence-corrected chi connectivity index (χ4v) is 13.2. The third-order valence-electron chi connectivity index (χ3n) is 3.56. The lowest BCUT2D eigenvalue weighted by atomic mass is 10.9. The number of phosphoric acid groups is 1. The van der Waals surface area contributed by atoms with Gasteiger partial charge in [0.25, 0.3) is 0 Å². The van der Waals surface area contributed by atoms with Crippen LogP contribution in [0.3, 0.4) is 0 Å². The molecule has 13 nitrogen and oxygen atoms in total. The van der Waals surface area contributed by atoms with Crippen molar-refractivity contribution in [3.8, 4) is 0 Å². The van der Waals surface area contributed by atoms with Crippen molar-refractivity contribution < 1.29 is 57.0 Å². The summed E-state index contributed by atoms with van der Waals surface area (Å²) in [5.74, 6) is 0. The molecule has 0 bridgehead atoms. The monoisotopic (exact) mass is 584 g/mol. The van der Waals surface area contributed by atoms with Crippen LogP contribution in [0.1, 0.15) is 62.3 Å². The van der Waals surface area contributed by atoms with Crippen LogP contribution in [0.15, 0.2) is 0 Å². The summed E-state index contributed by atoms with van der Waals surface area (Å²) in [6.07, 6.45) is 0. The van der Waals surface area contributed by atoms with Gasteiger partial charge in [-0.05, 0) is 62.3 Å². The zero-order valence-electron chi connectivity index (χ0n) is 22.6. The lowest BCUT2D eigenvalue weighted by Crippen LogP contribution is -2.55. The highest BCUT2D eigenvalue weighted by Crippen LogP contribution is 2.57. The third kappa shape index (κ3) is 12.2. The Morgan fingerprint density at radius 1 is 0.371 bits per heavy atom. The van der Waals surface area contributed by atoms with Gasteiger partial charge >= 0.3 is 35.0 Å². The highest BCUT2D eigenvalue weighted by molar-refractivity contribution is 7.53. The van der Waals surface area contributed by atoms with Gasteiger partial charge in [-0.3, -0.25) is 12.6 Å². The van der Waals surface area contributed by atoms with E-state index in [1.807, 2.05) is 0 Å². The molecule has 0 atom stereocenters. The third-order valence-corrected chi connectivity index (χ3v) is 14.7. The summed E-state index contributed by atoms with van der Waals surface area (Å²) in [6, 6.07) is 0. The van der Waals surface area contributed by atoms with Crippen LogP contribution >= 0.6 is 7.82 Å². The summed E-state index contributed by atoms with van der Waals surface area (Å²) < 4.78 is 83.7.